The minimum atomic E-state index is -1.56. The second-order valence-corrected chi connectivity index (χ2v) is 6.79. The van der Waals surface area contributed by atoms with Crippen molar-refractivity contribution in [3.8, 4) is 0 Å². The van der Waals surface area contributed by atoms with Crippen molar-refractivity contribution >= 4 is 23.7 Å². The zero-order valence-electron chi connectivity index (χ0n) is 16.1. The average Bonchev–Trinajstić information content (AvgIpc) is 2.74. The Morgan fingerprint density at radius 3 is 1.64 bits per heavy atom. The maximum absolute atomic E-state index is 12.9. The molecule has 0 heterocycles. The van der Waals surface area contributed by atoms with E-state index in [4.69, 9.17) is 11.5 Å². The zero-order chi connectivity index (χ0) is 20.2. The molecule has 0 saturated carbocycles. The molecule has 0 bridgehead atoms. The van der Waals surface area contributed by atoms with Crippen LogP contribution < -0.4 is 11.5 Å². The van der Waals surface area contributed by atoms with Gasteiger partial charge >= 0.3 is 0 Å². The summed E-state index contributed by atoms with van der Waals surface area (Å²) in [6.45, 7) is 0.585. The van der Waals surface area contributed by atoms with Crippen LogP contribution in [0.4, 0.5) is 0 Å². The molecule has 4 nitrogen and oxygen atoms in total. The zero-order valence-corrected chi connectivity index (χ0v) is 16.1. The molecule has 0 atom stereocenters. The maximum atomic E-state index is 12.9. The molecular weight excluding hydrogens is 348 g/mol. The van der Waals surface area contributed by atoms with Gasteiger partial charge in [-0.25, -0.2) is 0 Å². The van der Waals surface area contributed by atoms with Gasteiger partial charge in [-0.2, -0.15) is 0 Å². The molecule has 0 spiro atoms. The fourth-order valence-corrected chi connectivity index (χ4v) is 2.86. The van der Waals surface area contributed by atoms with Crippen molar-refractivity contribution in [2.75, 3.05) is 6.54 Å². The van der Waals surface area contributed by atoms with Crippen molar-refractivity contribution in [3.63, 3.8) is 0 Å². The molecule has 0 aliphatic rings. The molecule has 0 amide bonds. The summed E-state index contributed by atoms with van der Waals surface area (Å²) in [5, 5.41) is 0. The number of hydrogen-bond acceptors (Lipinski definition) is 4. The summed E-state index contributed by atoms with van der Waals surface area (Å²) in [5.41, 5.74) is 12.1. The third-order valence-corrected chi connectivity index (χ3v) is 4.61. The molecule has 0 aliphatic carbocycles. The van der Waals surface area contributed by atoms with E-state index in [0.29, 0.717) is 19.4 Å². The molecule has 0 radical (unpaired) electrons. The predicted molar refractivity (Wildman–Crippen MR) is 115 cm³/mol. The van der Waals surface area contributed by atoms with Crippen LogP contribution in [0.25, 0.3) is 12.2 Å². The molecule has 4 heteroatoms. The summed E-state index contributed by atoms with van der Waals surface area (Å²) in [5.74, 6) is -0.765. The molecule has 2 aromatic carbocycles. The van der Waals surface area contributed by atoms with Crippen molar-refractivity contribution < 1.29 is 9.59 Å². The second-order valence-electron chi connectivity index (χ2n) is 6.79. The van der Waals surface area contributed by atoms with Gasteiger partial charge in [0.2, 0.25) is 0 Å². The van der Waals surface area contributed by atoms with Crippen LogP contribution in [0.2, 0.25) is 0 Å². The first-order chi connectivity index (χ1) is 13.6. The lowest BCUT2D eigenvalue weighted by Crippen LogP contribution is -2.53. The minimum absolute atomic E-state index is 0.295. The van der Waals surface area contributed by atoms with Crippen LogP contribution in [-0.2, 0) is 9.59 Å². The number of unbranched alkanes of at least 4 members (excludes halogenated alkanes) is 2. The smallest absolute Gasteiger partial charge is 0.183 e. The van der Waals surface area contributed by atoms with Gasteiger partial charge in [-0.3, -0.25) is 9.59 Å². The van der Waals surface area contributed by atoms with Gasteiger partial charge in [0.15, 0.2) is 11.6 Å². The molecule has 0 fully saturated rings. The molecule has 146 valence electrons. The molecule has 0 unspecified atom stereocenters. The largest absolute Gasteiger partial charge is 0.330 e. The van der Waals surface area contributed by atoms with E-state index in [1.165, 1.54) is 12.2 Å². The first-order valence-electron chi connectivity index (χ1n) is 9.60. The molecule has 28 heavy (non-hydrogen) atoms. The Kier molecular flexibility index (Phi) is 8.53. The van der Waals surface area contributed by atoms with Crippen molar-refractivity contribution in [1.29, 1.82) is 0 Å². The van der Waals surface area contributed by atoms with Gasteiger partial charge in [0.25, 0.3) is 0 Å². The Labute approximate surface area is 166 Å². The van der Waals surface area contributed by atoms with Crippen LogP contribution in [-0.4, -0.2) is 23.7 Å². The van der Waals surface area contributed by atoms with Gasteiger partial charge < -0.3 is 11.5 Å². The van der Waals surface area contributed by atoms with Crippen molar-refractivity contribution in [2.45, 2.75) is 31.2 Å². The Morgan fingerprint density at radius 2 is 1.21 bits per heavy atom. The van der Waals surface area contributed by atoms with Gasteiger partial charge in [0.1, 0.15) is 5.54 Å². The van der Waals surface area contributed by atoms with E-state index in [-0.39, 0.29) is 11.6 Å². The number of nitrogens with two attached hydrogens (primary N) is 2. The highest BCUT2D eigenvalue weighted by atomic mass is 16.2. The topological polar surface area (TPSA) is 86.2 Å². The number of hydrogen-bond donors (Lipinski definition) is 2. The molecule has 0 aliphatic heterocycles. The first-order valence-corrected chi connectivity index (χ1v) is 9.60. The van der Waals surface area contributed by atoms with Crippen LogP contribution >= 0.6 is 0 Å². The lowest BCUT2D eigenvalue weighted by atomic mass is 9.83. The van der Waals surface area contributed by atoms with Gasteiger partial charge in [0.05, 0.1) is 0 Å². The second kappa shape index (κ2) is 11.1. The van der Waals surface area contributed by atoms with Crippen LogP contribution in [0.5, 0.6) is 0 Å². The summed E-state index contributed by atoms with van der Waals surface area (Å²) in [6.07, 6.45) is 8.85. The van der Waals surface area contributed by atoms with Crippen LogP contribution in [0.15, 0.2) is 72.8 Å². The summed E-state index contributed by atoms with van der Waals surface area (Å²) in [7, 11) is 0. The third-order valence-electron chi connectivity index (χ3n) is 4.61. The number of rotatable bonds is 11. The number of benzene rings is 2. The summed E-state index contributed by atoms with van der Waals surface area (Å²) in [6, 6.07) is 18.9. The van der Waals surface area contributed by atoms with Crippen LogP contribution in [0, 0.1) is 0 Å². The molecule has 2 aromatic rings. The van der Waals surface area contributed by atoms with Crippen LogP contribution in [0.3, 0.4) is 0 Å². The average molecular weight is 377 g/mol. The fraction of sp³-hybridized carbons (Fsp3) is 0.250. The third kappa shape index (κ3) is 6.41. The quantitative estimate of drug-likeness (QED) is 0.355. The minimum Gasteiger partial charge on any atom is -0.330 e. The van der Waals surface area contributed by atoms with E-state index >= 15 is 0 Å². The number of ketones is 2. The standard InChI is InChI=1S/C24H28N2O2/c25-19-9-3-8-18-24(26,22(27)16-14-20-10-4-1-5-11-20)23(28)17-15-21-12-6-2-7-13-21/h1-2,4-7,10-17H,3,8-9,18-19,25-26H2/b16-14+,17-15+. The van der Waals surface area contributed by atoms with E-state index in [1.54, 1.807) is 12.2 Å². The molecule has 4 N–H and O–H groups in total. The summed E-state index contributed by atoms with van der Waals surface area (Å²) in [4.78, 5) is 25.7. The first kappa shape index (κ1) is 21.5. The van der Waals surface area contributed by atoms with E-state index in [0.717, 1.165) is 24.0 Å². The van der Waals surface area contributed by atoms with E-state index in [1.807, 2.05) is 60.7 Å². The fourth-order valence-electron chi connectivity index (χ4n) is 2.86. The van der Waals surface area contributed by atoms with Crippen molar-refractivity contribution in [3.05, 3.63) is 83.9 Å². The normalized spacial score (nSPS) is 11.9. The highest BCUT2D eigenvalue weighted by molar-refractivity contribution is 6.21. The summed E-state index contributed by atoms with van der Waals surface area (Å²) < 4.78 is 0. The number of carbonyl (C=O) groups is 2. The highest BCUT2D eigenvalue weighted by Gasteiger charge is 2.37. The maximum Gasteiger partial charge on any atom is 0.183 e. The van der Waals surface area contributed by atoms with E-state index in [2.05, 4.69) is 0 Å². The van der Waals surface area contributed by atoms with Crippen molar-refractivity contribution in [1.82, 2.24) is 0 Å². The highest BCUT2D eigenvalue weighted by Crippen LogP contribution is 2.18. The van der Waals surface area contributed by atoms with Gasteiger partial charge in [-0.15, -0.1) is 0 Å². The SMILES string of the molecule is NCCCCCC(N)(C(=O)/C=C/c1ccccc1)C(=O)/C=C/c1ccccc1. The Balaban J connectivity index is 2.17. The predicted octanol–water partition coefficient (Wildman–Crippen LogP) is 3.77. The van der Waals surface area contributed by atoms with E-state index < -0.39 is 5.54 Å². The van der Waals surface area contributed by atoms with Crippen molar-refractivity contribution in [2.24, 2.45) is 11.5 Å². The Hall–Kier alpha value is -2.82. The molecule has 0 saturated heterocycles. The lowest BCUT2D eigenvalue weighted by molar-refractivity contribution is -0.129. The Bertz CT molecular complexity index is 750. The Morgan fingerprint density at radius 1 is 0.750 bits per heavy atom. The monoisotopic (exact) mass is 376 g/mol. The van der Waals surface area contributed by atoms with Gasteiger partial charge in [-0.1, -0.05) is 85.7 Å². The molecule has 0 aromatic heterocycles. The molecule has 2 rings (SSSR count). The lowest BCUT2D eigenvalue weighted by Gasteiger charge is -2.24. The van der Waals surface area contributed by atoms with Crippen LogP contribution in [0.1, 0.15) is 36.8 Å². The molecular formula is C24H28N2O2. The van der Waals surface area contributed by atoms with E-state index in [9.17, 15) is 9.59 Å². The van der Waals surface area contributed by atoms with Gasteiger partial charge in [0, 0.05) is 0 Å². The number of carbonyl (C=O) groups excluding carboxylic acids is 2. The summed E-state index contributed by atoms with van der Waals surface area (Å²) >= 11 is 0. The van der Waals surface area contributed by atoms with Gasteiger partial charge in [-0.05, 0) is 42.7 Å².